The highest BCUT2D eigenvalue weighted by molar-refractivity contribution is 14.1. The van der Waals surface area contributed by atoms with Crippen LogP contribution in [-0.2, 0) is 10.2 Å². The summed E-state index contributed by atoms with van der Waals surface area (Å²) in [5.74, 6) is -1.18. The molecule has 0 spiro atoms. The van der Waals surface area contributed by atoms with Gasteiger partial charge in [-0.2, -0.15) is 13.1 Å². The number of anilines is 1. The number of hydrogen-bond acceptors (Lipinski definition) is 3. The van der Waals surface area contributed by atoms with Gasteiger partial charge in [-0.05, 0) is 40.8 Å². The molecule has 0 aromatic heterocycles. The normalized spacial score (nSPS) is 11.2. The van der Waals surface area contributed by atoms with Crippen LogP contribution in [0.1, 0.15) is 17.3 Å². The molecule has 0 radical (unpaired) electrons. The first-order valence-electron chi connectivity index (χ1n) is 4.66. The molecule has 0 aliphatic heterocycles. The fraction of sp³-hybridized carbons (Fsp3) is 0.222. The van der Waals surface area contributed by atoms with Crippen LogP contribution in [0.15, 0.2) is 18.2 Å². The SMILES string of the molecule is CCNS(=O)(=O)Nc1ccc(I)cc1C(=O)O. The molecule has 0 fully saturated rings. The zero-order chi connectivity index (χ0) is 13.1. The highest BCUT2D eigenvalue weighted by Crippen LogP contribution is 2.19. The van der Waals surface area contributed by atoms with Gasteiger partial charge in [-0.15, -0.1) is 0 Å². The van der Waals surface area contributed by atoms with Gasteiger partial charge >= 0.3 is 5.97 Å². The Bertz CT molecular complexity index is 530. The van der Waals surface area contributed by atoms with E-state index in [1.165, 1.54) is 12.1 Å². The number of benzene rings is 1. The number of carboxylic acids is 1. The lowest BCUT2D eigenvalue weighted by molar-refractivity contribution is 0.0698. The van der Waals surface area contributed by atoms with Gasteiger partial charge in [0.1, 0.15) is 0 Å². The molecule has 8 heteroatoms. The molecule has 0 unspecified atom stereocenters. The molecular weight excluding hydrogens is 359 g/mol. The van der Waals surface area contributed by atoms with Crippen LogP contribution < -0.4 is 9.44 Å². The maximum Gasteiger partial charge on any atom is 0.337 e. The van der Waals surface area contributed by atoms with Crippen molar-refractivity contribution in [1.82, 2.24) is 4.72 Å². The van der Waals surface area contributed by atoms with Crippen LogP contribution >= 0.6 is 22.6 Å². The van der Waals surface area contributed by atoms with Crippen molar-refractivity contribution in [2.45, 2.75) is 6.92 Å². The maximum atomic E-state index is 11.4. The van der Waals surface area contributed by atoms with Gasteiger partial charge in [-0.25, -0.2) is 4.79 Å². The quantitative estimate of drug-likeness (QED) is 0.680. The average molecular weight is 370 g/mol. The molecule has 94 valence electrons. The van der Waals surface area contributed by atoms with Crippen LogP contribution in [0.3, 0.4) is 0 Å². The molecule has 3 N–H and O–H groups in total. The van der Waals surface area contributed by atoms with Gasteiger partial charge in [0, 0.05) is 10.1 Å². The molecule has 0 bridgehead atoms. The molecule has 0 heterocycles. The summed E-state index contributed by atoms with van der Waals surface area (Å²) in [6.45, 7) is 1.85. The molecule has 6 nitrogen and oxygen atoms in total. The van der Waals surface area contributed by atoms with E-state index in [4.69, 9.17) is 5.11 Å². The summed E-state index contributed by atoms with van der Waals surface area (Å²) >= 11 is 1.95. The second kappa shape index (κ2) is 5.65. The van der Waals surface area contributed by atoms with Crippen molar-refractivity contribution < 1.29 is 18.3 Å². The van der Waals surface area contributed by atoms with Gasteiger partial charge in [0.05, 0.1) is 11.3 Å². The van der Waals surface area contributed by atoms with Gasteiger partial charge < -0.3 is 5.11 Å². The van der Waals surface area contributed by atoms with Crippen LogP contribution in [0.2, 0.25) is 0 Å². The number of aromatic carboxylic acids is 1. The topological polar surface area (TPSA) is 95.5 Å². The first-order chi connectivity index (χ1) is 7.85. The Morgan fingerprint density at radius 1 is 1.47 bits per heavy atom. The minimum absolute atomic E-state index is 0.0406. The molecule has 1 rings (SSSR count). The summed E-state index contributed by atoms with van der Waals surface area (Å²) in [7, 11) is -3.72. The summed E-state index contributed by atoms with van der Waals surface area (Å²) < 4.78 is 28.0. The predicted molar refractivity (Wildman–Crippen MR) is 72.3 cm³/mol. The number of carbonyl (C=O) groups is 1. The van der Waals surface area contributed by atoms with Crippen molar-refractivity contribution in [2.24, 2.45) is 0 Å². The lowest BCUT2D eigenvalue weighted by Gasteiger charge is -2.10. The lowest BCUT2D eigenvalue weighted by atomic mass is 10.2. The van der Waals surface area contributed by atoms with E-state index >= 15 is 0 Å². The summed E-state index contributed by atoms with van der Waals surface area (Å²) in [6.07, 6.45) is 0. The predicted octanol–water partition coefficient (Wildman–Crippen LogP) is 1.26. The van der Waals surface area contributed by atoms with Crippen LogP contribution in [0.5, 0.6) is 0 Å². The van der Waals surface area contributed by atoms with Crippen LogP contribution in [0, 0.1) is 3.57 Å². The molecule has 0 saturated carbocycles. The van der Waals surface area contributed by atoms with Gasteiger partial charge in [0.15, 0.2) is 0 Å². The summed E-state index contributed by atoms with van der Waals surface area (Å²) in [4.78, 5) is 11.0. The second-order valence-corrected chi connectivity index (χ2v) is 5.84. The molecule has 0 aliphatic carbocycles. The number of nitrogens with one attached hydrogen (secondary N) is 2. The monoisotopic (exact) mass is 370 g/mol. The average Bonchev–Trinajstić information content (AvgIpc) is 2.20. The summed E-state index contributed by atoms with van der Waals surface area (Å²) in [6, 6.07) is 4.43. The molecule has 0 atom stereocenters. The third-order valence-electron chi connectivity index (χ3n) is 1.79. The number of halogens is 1. The van der Waals surface area contributed by atoms with E-state index in [-0.39, 0.29) is 17.8 Å². The minimum Gasteiger partial charge on any atom is -0.478 e. The Balaban J connectivity index is 3.11. The molecule has 0 aliphatic rings. The highest BCUT2D eigenvalue weighted by atomic mass is 127. The van der Waals surface area contributed by atoms with E-state index in [0.717, 1.165) is 0 Å². The number of carboxylic acid groups (broad SMARTS) is 1. The zero-order valence-corrected chi connectivity index (χ0v) is 11.9. The van der Waals surface area contributed by atoms with Gasteiger partial charge in [-0.1, -0.05) is 6.92 Å². The Labute approximate surface area is 113 Å². The van der Waals surface area contributed by atoms with Gasteiger partial charge in [0.2, 0.25) is 0 Å². The Kier molecular flexibility index (Phi) is 4.71. The minimum atomic E-state index is -3.72. The van der Waals surface area contributed by atoms with E-state index in [0.29, 0.717) is 3.57 Å². The fourth-order valence-electron chi connectivity index (χ4n) is 1.15. The van der Waals surface area contributed by atoms with E-state index in [2.05, 4.69) is 9.44 Å². The van der Waals surface area contributed by atoms with E-state index in [9.17, 15) is 13.2 Å². The van der Waals surface area contributed by atoms with Crippen molar-refractivity contribution in [2.75, 3.05) is 11.3 Å². The zero-order valence-electron chi connectivity index (χ0n) is 8.90. The fourth-order valence-corrected chi connectivity index (χ4v) is 2.56. The first-order valence-corrected chi connectivity index (χ1v) is 7.22. The van der Waals surface area contributed by atoms with E-state index < -0.39 is 16.2 Å². The van der Waals surface area contributed by atoms with E-state index in [1.807, 2.05) is 22.6 Å². The summed E-state index contributed by atoms with van der Waals surface area (Å²) in [5.41, 5.74) is -0.0442. The Morgan fingerprint density at radius 2 is 2.12 bits per heavy atom. The van der Waals surface area contributed by atoms with Crippen LogP contribution in [0.4, 0.5) is 5.69 Å². The molecule has 0 amide bonds. The first kappa shape index (κ1) is 14.2. The summed E-state index contributed by atoms with van der Waals surface area (Å²) in [5, 5.41) is 8.96. The molecule has 17 heavy (non-hydrogen) atoms. The number of rotatable bonds is 5. The van der Waals surface area contributed by atoms with Crippen LogP contribution in [0.25, 0.3) is 0 Å². The molecule has 0 saturated heterocycles. The second-order valence-electron chi connectivity index (χ2n) is 3.10. The molecular formula is C9H11IN2O4S. The highest BCUT2D eigenvalue weighted by Gasteiger charge is 2.15. The van der Waals surface area contributed by atoms with Crippen molar-refractivity contribution in [3.8, 4) is 0 Å². The Hall–Kier alpha value is -0.870. The molecule has 1 aromatic rings. The standard InChI is InChI=1S/C9H11IN2O4S/c1-2-11-17(15,16)12-8-4-3-6(10)5-7(8)9(13)14/h3-5,11-12H,2H2,1H3,(H,13,14). The van der Waals surface area contributed by atoms with Crippen molar-refractivity contribution in [3.05, 3.63) is 27.3 Å². The van der Waals surface area contributed by atoms with Gasteiger partial charge in [0.25, 0.3) is 10.2 Å². The van der Waals surface area contributed by atoms with Crippen molar-refractivity contribution >= 4 is 44.5 Å². The molecule has 1 aromatic carbocycles. The van der Waals surface area contributed by atoms with Crippen molar-refractivity contribution in [1.29, 1.82) is 0 Å². The number of hydrogen-bond donors (Lipinski definition) is 3. The smallest absolute Gasteiger partial charge is 0.337 e. The third kappa shape index (κ3) is 4.13. The van der Waals surface area contributed by atoms with Crippen LogP contribution in [-0.4, -0.2) is 26.0 Å². The Morgan fingerprint density at radius 3 is 2.65 bits per heavy atom. The largest absolute Gasteiger partial charge is 0.478 e. The maximum absolute atomic E-state index is 11.4. The third-order valence-corrected chi connectivity index (χ3v) is 3.62. The van der Waals surface area contributed by atoms with Crippen molar-refractivity contribution in [3.63, 3.8) is 0 Å². The lowest BCUT2D eigenvalue weighted by Crippen LogP contribution is -2.30. The van der Waals surface area contributed by atoms with Gasteiger partial charge in [-0.3, -0.25) is 4.72 Å². The van der Waals surface area contributed by atoms with E-state index in [1.54, 1.807) is 13.0 Å².